The molecule has 11 atom stereocenters. The van der Waals surface area contributed by atoms with E-state index in [2.05, 4.69) is 0 Å². The standard InChI is InChI=1S/C20H24O10/c1-7-3-9(21)11(22)16(2)8(7)4-10-17-5-29-19(26,14(16)17)15(25)18(6-28-18)20(17,27)12(23)13(24)30-10/h3,8,10-12,14-15,22-23,25-27H,4-6H2,1-2H3/t8-,10+,11+,12-,14+,15+,16+,17+,18-,19?,20-/m1/s1. The smallest absolute Gasteiger partial charge is 0.338 e. The van der Waals surface area contributed by atoms with E-state index in [0.29, 0.717) is 5.57 Å². The van der Waals surface area contributed by atoms with Crippen molar-refractivity contribution in [3.63, 3.8) is 0 Å². The molecule has 0 aromatic heterocycles. The maximum Gasteiger partial charge on any atom is 0.338 e. The average molecular weight is 424 g/mol. The highest BCUT2D eigenvalue weighted by Crippen LogP contribution is 2.77. The molecule has 10 nitrogen and oxygen atoms in total. The fourth-order valence-electron chi connectivity index (χ4n) is 7.88. The second-order valence-corrected chi connectivity index (χ2v) is 10.0. The molecule has 164 valence electrons. The predicted octanol–water partition coefficient (Wildman–Crippen LogP) is -2.62. The van der Waals surface area contributed by atoms with Gasteiger partial charge in [0.1, 0.15) is 23.9 Å². The summed E-state index contributed by atoms with van der Waals surface area (Å²) in [6, 6.07) is 0. The summed E-state index contributed by atoms with van der Waals surface area (Å²) in [6.07, 6.45) is -4.96. The zero-order valence-electron chi connectivity index (χ0n) is 16.4. The number of hydrogen-bond donors (Lipinski definition) is 5. The van der Waals surface area contributed by atoms with Crippen molar-refractivity contribution < 1.29 is 49.3 Å². The van der Waals surface area contributed by atoms with Crippen LogP contribution < -0.4 is 0 Å². The van der Waals surface area contributed by atoms with Crippen molar-refractivity contribution >= 4 is 11.8 Å². The van der Waals surface area contributed by atoms with Crippen molar-refractivity contribution in [3.8, 4) is 0 Å². The summed E-state index contributed by atoms with van der Waals surface area (Å²) in [5.41, 5.74) is -6.52. The van der Waals surface area contributed by atoms with Crippen molar-refractivity contribution in [2.24, 2.45) is 22.7 Å². The van der Waals surface area contributed by atoms with Crippen LogP contribution in [0.15, 0.2) is 11.6 Å². The Labute approximate surface area is 171 Å². The molecule has 5 N–H and O–H groups in total. The summed E-state index contributed by atoms with van der Waals surface area (Å²) in [4.78, 5) is 25.2. The summed E-state index contributed by atoms with van der Waals surface area (Å²) in [6.45, 7) is 2.77. The molecule has 3 saturated heterocycles. The Balaban J connectivity index is 1.68. The van der Waals surface area contributed by atoms with Crippen LogP contribution in [0.3, 0.4) is 0 Å². The molecule has 1 unspecified atom stereocenters. The summed E-state index contributed by atoms with van der Waals surface area (Å²) in [5.74, 6) is -5.64. The van der Waals surface area contributed by atoms with Gasteiger partial charge in [0.05, 0.1) is 18.6 Å². The summed E-state index contributed by atoms with van der Waals surface area (Å²) >= 11 is 0. The molecule has 2 saturated carbocycles. The summed E-state index contributed by atoms with van der Waals surface area (Å²) in [5, 5.41) is 56.7. The highest BCUT2D eigenvalue weighted by atomic mass is 16.7. The van der Waals surface area contributed by atoms with E-state index in [1.165, 1.54) is 6.08 Å². The molecule has 2 spiro atoms. The lowest BCUT2D eigenvalue weighted by atomic mass is 9.36. The third kappa shape index (κ3) is 1.53. The van der Waals surface area contributed by atoms with E-state index in [0.717, 1.165) is 0 Å². The van der Waals surface area contributed by atoms with Gasteiger partial charge < -0.3 is 39.7 Å². The molecule has 2 bridgehead atoms. The third-order valence-corrected chi connectivity index (χ3v) is 9.17. The second-order valence-electron chi connectivity index (χ2n) is 10.0. The Morgan fingerprint density at radius 1 is 1.07 bits per heavy atom. The molecule has 10 heteroatoms. The van der Waals surface area contributed by atoms with Crippen molar-refractivity contribution in [2.75, 3.05) is 13.2 Å². The molecule has 3 aliphatic heterocycles. The Morgan fingerprint density at radius 2 is 1.73 bits per heavy atom. The molecule has 5 fully saturated rings. The van der Waals surface area contributed by atoms with Gasteiger partial charge in [0.25, 0.3) is 0 Å². The van der Waals surface area contributed by atoms with E-state index < -0.39 is 75.8 Å². The fourth-order valence-corrected chi connectivity index (χ4v) is 7.88. The molecule has 3 aliphatic carbocycles. The minimum Gasteiger partial charge on any atom is -0.460 e. The van der Waals surface area contributed by atoms with Gasteiger partial charge in [-0.25, -0.2) is 4.79 Å². The molecule has 0 radical (unpaired) electrons. The van der Waals surface area contributed by atoms with Gasteiger partial charge >= 0.3 is 5.97 Å². The number of carbonyl (C=O) groups is 2. The number of ketones is 1. The van der Waals surface area contributed by atoms with E-state index in [1.54, 1.807) is 13.8 Å². The monoisotopic (exact) mass is 424 g/mol. The van der Waals surface area contributed by atoms with Crippen LogP contribution in [0.5, 0.6) is 0 Å². The molecular formula is C20H24O10. The molecule has 6 aliphatic rings. The Bertz CT molecular complexity index is 927. The van der Waals surface area contributed by atoms with Crippen molar-refractivity contribution in [2.45, 2.75) is 61.7 Å². The van der Waals surface area contributed by atoms with Gasteiger partial charge in [-0.2, -0.15) is 0 Å². The first-order valence-electron chi connectivity index (χ1n) is 10.1. The lowest BCUT2D eigenvalue weighted by Gasteiger charge is -2.70. The number of hydrogen-bond acceptors (Lipinski definition) is 10. The van der Waals surface area contributed by atoms with Gasteiger partial charge in [-0.1, -0.05) is 12.5 Å². The highest BCUT2D eigenvalue weighted by molar-refractivity contribution is 5.96. The van der Waals surface area contributed by atoms with Crippen LogP contribution in [-0.4, -0.2) is 91.9 Å². The molecular weight excluding hydrogens is 400 g/mol. The lowest BCUT2D eigenvalue weighted by Crippen LogP contribution is -2.87. The van der Waals surface area contributed by atoms with Gasteiger partial charge in [-0.15, -0.1) is 0 Å². The van der Waals surface area contributed by atoms with Gasteiger partial charge in [-0.3, -0.25) is 4.79 Å². The number of aliphatic hydroxyl groups is 5. The number of ether oxygens (including phenoxy) is 3. The summed E-state index contributed by atoms with van der Waals surface area (Å²) in [7, 11) is 0. The largest absolute Gasteiger partial charge is 0.460 e. The third-order valence-electron chi connectivity index (χ3n) is 9.17. The van der Waals surface area contributed by atoms with Crippen molar-refractivity contribution in [3.05, 3.63) is 11.6 Å². The highest BCUT2D eigenvalue weighted by Gasteiger charge is 2.94. The minimum atomic E-state index is -2.35. The number of carbonyl (C=O) groups excluding carboxylic acids is 2. The Hall–Kier alpha value is -1.40. The molecule has 0 aromatic carbocycles. The SMILES string of the molecule is CC1=CC(=O)[C@H](O)[C@]2(C)[C@@H]1C[C@@H]1OC(=O)[C@@H](O)[C@@]3(O)[C@@]14COC(O)([C@@H](O)[C@]31CO1)[C@@H]24. The molecule has 0 amide bonds. The van der Waals surface area contributed by atoms with Crippen LogP contribution in [0.1, 0.15) is 20.3 Å². The van der Waals surface area contributed by atoms with Crippen LogP contribution in [0.4, 0.5) is 0 Å². The second kappa shape index (κ2) is 4.98. The lowest BCUT2D eigenvalue weighted by molar-refractivity contribution is -0.379. The maximum atomic E-state index is 12.6. The first-order chi connectivity index (χ1) is 13.9. The van der Waals surface area contributed by atoms with E-state index in [1.807, 2.05) is 0 Å². The topological polar surface area (TPSA) is 166 Å². The molecule has 0 aromatic rings. The number of rotatable bonds is 0. The molecule has 3 heterocycles. The van der Waals surface area contributed by atoms with Gasteiger partial charge in [0.2, 0.25) is 0 Å². The van der Waals surface area contributed by atoms with Gasteiger partial charge in [0.15, 0.2) is 23.3 Å². The average Bonchev–Trinajstić information content (AvgIpc) is 3.44. The van der Waals surface area contributed by atoms with Crippen molar-refractivity contribution in [1.29, 1.82) is 0 Å². The molecule has 6 rings (SSSR count). The van der Waals surface area contributed by atoms with Crippen molar-refractivity contribution in [1.82, 2.24) is 0 Å². The number of esters is 1. The number of epoxide rings is 1. The first kappa shape index (κ1) is 19.3. The number of aliphatic hydroxyl groups excluding tert-OH is 3. The van der Waals surface area contributed by atoms with Gasteiger partial charge in [-0.05, 0) is 25.3 Å². The minimum absolute atomic E-state index is 0.145. The van der Waals surface area contributed by atoms with E-state index in [-0.39, 0.29) is 19.6 Å². The van der Waals surface area contributed by atoms with Crippen LogP contribution >= 0.6 is 0 Å². The van der Waals surface area contributed by atoms with Crippen LogP contribution in [0.25, 0.3) is 0 Å². The summed E-state index contributed by atoms with van der Waals surface area (Å²) < 4.78 is 16.7. The number of fused-ring (bicyclic) bond motifs is 2. The Kier molecular flexibility index (Phi) is 3.21. The van der Waals surface area contributed by atoms with Crippen LogP contribution in [-0.2, 0) is 23.8 Å². The Morgan fingerprint density at radius 3 is 2.37 bits per heavy atom. The van der Waals surface area contributed by atoms with Gasteiger partial charge in [0, 0.05) is 11.3 Å². The van der Waals surface area contributed by atoms with E-state index >= 15 is 0 Å². The van der Waals surface area contributed by atoms with E-state index in [4.69, 9.17) is 14.2 Å². The fraction of sp³-hybridized carbons (Fsp3) is 0.800. The van der Waals surface area contributed by atoms with E-state index in [9.17, 15) is 35.1 Å². The normalized spacial score (nSPS) is 63.1. The predicted molar refractivity (Wildman–Crippen MR) is 93.3 cm³/mol. The van der Waals surface area contributed by atoms with Crippen LogP contribution in [0, 0.1) is 22.7 Å². The maximum absolute atomic E-state index is 12.6. The van der Waals surface area contributed by atoms with Crippen LogP contribution in [0.2, 0.25) is 0 Å². The zero-order valence-corrected chi connectivity index (χ0v) is 16.4. The quantitative estimate of drug-likeness (QED) is 0.205. The molecule has 30 heavy (non-hydrogen) atoms. The zero-order chi connectivity index (χ0) is 21.6. The first-order valence-corrected chi connectivity index (χ1v) is 10.1. The number of allylic oxidation sites excluding steroid dienone is 1.